The standard InChI is InChI=1S/C27H29F3N4O5/c1-4-6-17-15-32-22-19(7-5-8-20(22)27(28,29)30)23(17)39-14-13-38-12-11-34-24(35)26(2,33-25(34)36)18-9-10-21(37-3)31-16-18/h5,7-10,15-16H,4,6,11-14H2,1-3H3,(H,33,36). The first-order valence-corrected chi connectivity index (χ1v) is 12.4. The molecule has 39 heavy (non-hydrogen) atoms. The fraction of sp³-hybridized carbons (Fsp3) is 0.407. The molecule has 0 bridgehead atoms. The fourth-order valence-corrected chi connectivity index (χ4v) is 4.44. The zero-order chi connectivity index (χ0) is 28.2. The van der Waals surface area contributed by atoms with Crippen LogP contribution in [0.3, 0.4) is 0 Å². The number of aryl methyl sites for hydroxylation is 1. The molecule has 0 saturated carbocycles. The van der Waals surface area contributed by atoms with Crippen LogP contribution in [0.25, 0.3) is 10.9 Å². The van der Waals surface area contributed by atoms with E-state index in [0.29, 0.717) is 29.2 Å². The Labute approximate surface area is 223 Å². The van der Waals surface area contributed by atoms with Gasteiger partial charge in [0.1, 0.15) is 17.9 Å². The first kappa shape index (κ1) is 28.1. The van der Waals surface area contributed by atoms with E-state index < -0.39 is 29.2 Å². The van der Waals surface area contributed by atoms with Crippen LogP contribution < -0.4 is 14.8 Å². The number of benzene rings is 1. The summed E-state index contributed by atoms with van der Waals surface area (Å²) in [6.07, 6.45) is -0.301. The summed E-state index contributed by atoms with van der Waals surface area (Å²) >= 11 is 0. The van der Waals surface area contributed by atoms with Crippen molar-refractivity contribution in [2.24, 2.45) is 0 Å². The van der Waals surface area contributed by atoms with Crippen molar-refractivity contribution in [2.75, 3.05) is 33.5 Å². The minimum Gasteiger partial charge on any atom is -0.490 e. The van der Waals surface area contributed by atoms with Crippen LogP contribution >= 0.6 is 0 Å². The first-order valence-electron chi connectivity index (χ1n) is 12.4. The summed E-state index contributed by atoms with van der Waals surface area (Å²) in [6.45, 7) is 3.77. The monoisotopic (exact) mass is 546 g/mol. The van der Waals surface area contributed by atoms with Crippen LogP contribution in [0.5, 0.6) is 11.6 Å². The van der Waals surface area contributed by atoms with Crippen molar-refractivity contribution in [2.45, 2.75) is 38.4 Å². The molecule has 1 aromatic carbocycles. The quantitative estimate of drug-likeness (QED) is 0.280. The number of nitrogens with one attached hydrogen (secondary N) is 1. The Morgan fingerprint density at radius 1 is 1.05 bits per heavy atom. The van der Waals surface area contributed by atoms with E-state index >= 15 is 0 Å². The van der Waals surface area contributed by atoms with Gasteiger partial charge in [0, 0.05) is 35.0 Å². The number of hydrogen-bond acceptors (Lipinski definition) is 7. The number of amides is 3. The van der Waals surface area contributed by atoms with Crippen LogP contribution in [0.4, 0.5) is 18.0 Å². The minimum absolute atomic E-state index is 0.0120. The summed E-state index contributed by atoms with van der Waals surface area (Å²) in [5.41, 5.74) is -1.05. The Hall–Kier alpha value is -3.93. The van der Waals surface area contributed by atoms with Crippen molar-refractivity contribution in [3.63, 3.8) is 0 Å². The number of rotatable bonds is 11. The van der Waals surface area contributed by atoms with Gasteiger partial charge in [-0.1, -0.05) is 19.4 Å². The second kappa shape index (κ2) is 11.4. The van der Waals surface area contributed by atoms with E-state index in [1.165, 1.54) is 25.6 Å². The number of urea groups is 1. The third-order valence-corrected chi connectivity index (χ3v) is 6.48. The smallest absolute Gasteiger partial charge is 0.418 e. The van der Waals surface area contributed by atoms with Crippen LogP contribution in [-0.4, -0.2) is 60.3 Å². The molecule has 1 unspecified atom stereocenters. The Morgan fingerprint density at radius 2 is 1.85 bits per heavy atom. The maximum Gasteiger partial charge on any atom is 0.418 e. The maximum atomic E-state index is 13.5. The number of fused-ring (bicyclic) bond motifs is 1. The molecule has 1 aliphatic heterocycles. The number of para-hydroxylation sites is 1. The molecule has 1 saturated heterocycles. The van der Waals surface area contributed by atoms with E-state index in [0.717, 1.165) is 17.4 Å². The zero-order valence-electron chi connectivity index (χ0n) is 21.8. The number of methoxy groups -OCH3 is 1. The molecular weight excluding hydrogens is 517 g/mol. The van der Waals surface area contributed by atoms with Gasteiger partial charge in [-0.05, 0) is 31.5 Å². The van der Waals surface area contributed by atoms with E-state index in [1.807, 2.05) is 6.92 Å². The number of hydrogen-bond donors (Lipinski definition) is 1. The number of nitrogens with zero attached hydrogens (tertiary/aromatic N) is 3. The number of carbonyl (C=O) groups is 2. The predicted molar refractivity (Wildman–Crippen MR) is 135 cm³/mol. The van der Waals surface area contributed by atoms with E-state index in [9.17, 15) is 22.8 Å². The lowest BCUT2D eigenvalue weighted by atomic mass is 9.93. The molecule has 3 aromatic rings. The summed E-state index contributed by atoms with van der Waals surface area (Å²) in [5.74, 6) is 0.288. The predicted octanol–water partition coefficient (Wildman–Crippen LogP) is 4.47. The third-order valence-electron chi connectivity index (χ3n) is 6.48. The van der Waals surface area contributed by atoms with Crippen LogP contribution in [0.1, 0.15) is 37.0 Å². The first-order chi connectivity index (χ1) is 18.6. The Kier molecular flexibility index (Phi) is 8.24. The summed E-state index contributed by atoms with van der Waals surface area (Å²) < 4.78 is 57.0. The fourth-order valence-electron chi connectivity index (χ4n) is 4.44. The molecule has 3 amide bonds. The molecule has 1 N–H and O–H groups in total. The topological polar surface area (TPSA) is 103 Å². The van der Waals surface area contributed by atoms with E-state index in [2.05, 4.69) is 15.3 Å². The average molecular weight is 547 g/mol. The molecule has 0 aliphatic carbocycles. The lowest BCUT2D eigenvalue weighted by Crippen LogP contribution is -2.41. The number of alkyl halides is 3. The van der Waals surface area contributed by atoms with Crippen LogP contribution in [0.15, 0.2) is 42.7 Å². The van der Waals surface area contributed by atoms with Gasteiger partial charge in [0.05, 0.1) is 37.9 Å². The molecule has 3 heterocycles. The Morgan fingerprint density at radius 3 is 2.51 bits per heavy atom. The van der Waals surface area contributed by atoms with Crippen molar-refractivity contribution < 1.29 is 37.0 Å². The number of aromatic nitrogens is 2. The average Bonchev–Trinajstić information content (AvgIpc) is 3.14. The lowest BCUT2D eigenvalue weighted by Gasteiger charge is -2.22. The molecule has 4 rings (SSSR count). The number of halogens is 3. The zero-order valence-corrected chi connectivity index (χ0v) is 21.8. The van der Waals surface area contributed by atoms with Crippen LogP contribution in [-0.2, 0) is 27.7 Å². The van der Waals surface area contributed by atoms with Gasteiger partial charge in [-0.25, -0.2) is 9.78 Å². The molecule has 1 atom stereocenters. The van der Waals surface area contributed by atoms with Gasteiger partial charge in [-0.2, -0.15) is 13.2 Å². The summed E-state index contributed by atoms with van der Waals surface area (Å²) in [5, 5.41) is 2.98. The van der Waals surface area contributed by atoms with Crippen molar-refractivity contribution >= 4 is 22.8 Å². The molecule has 208 valence electrons. The highest BCUT2D eigenvalue weighted by molar-refractivity contribution is 6.07. The van der Waals surface area contributed by atoms with Crippen molar-refractivity contribution in [3.05, 3.63) is 59.4 Å². The number of pyridine rings is 2. The maximum absolute atomic E-state index is 13.5. The van der Waals surface area contributed by atoms with Gasteiger partial charge in [0.2, 0.25) is 5.88 Å². The molecule has 9 nitrogen and oxygen atoms in total. The SMILES string of the molecule is CCCc1cnc2c(C(F)(F)F)cccc2c1OCCOCCN1C(=O)NC(C)(c2ccc(OC)nc2)C1=O. The second-order valence-corrected chi connectivity index (χ2v) is 9.12. The second-order valence-electron chi connectivity index (χ2n) is 9.12. The lowest BCUT2D eigenvalue weighted by molar-refractivity contribution is -0.136. The Balaban J connectivity index is 1.36. The highest BCUT2D eigenvalue weighted by Crippen LogP contribution is 2.38. The molecule has 0 radical (unpaired) electrons. The highest BCUT2D eigenvalue weighted by atomic mass is 19.4. The largest absolute Gasteiger partial charge is 0.490 e. The van der Waals surface area contributed by atoms with Crippen molar-refractivity contribution in [1.29, 1.82) is 0 Å². The normalized spacial score (nSPS) is 17.5. The minimum atomic E-state index is -4.54. The van der Waals surface area contributed by atoms with E-state index in [-0.39, 0.29) is 37.3 Å². The molecule has 1 aliphatic rings. The van der Waals surface area contributed by atoms with Gasteiger partial charge in [0.25, 0.3) is 5.91 Å². The molecule has 12 heteroatoms. The number of carbonyl (C=O) groups excluding carboxylic acids is 2. The van der Waals surface area contributed by atoms with Gasteiger partial charge >= 0.3 is 12.2 Å². The van der Waals surface area contributed by atoms with Gasteiger partial charge in [-0.15, -0.1) is 0 Å². The third kappa shape index (κ3) is 5.75. The number of ether oxygens (including phenoxy) is 3. The van der Waals surface area contributed by atoms with Gasteiger partial charge < -0.3 is 19.5 Å². The van der Waals surface area contributed by atoms with E-state index in [4.69, 9.17) is 14.2 Å². The van der Waals surface area contributed by atoms with Gasteiger partial charge in [-0.3, -0.25) is 14.7 Å². The Bertz CT molecular complexity index is 1350. The summed E-state index contributed by atoms with van der Waals surface area (Å²) in [7, 11) is 1.48. The molecule has 0 spiro atoms. The molecular formula is C27H29F3N4O5. The van der Waals surface area contributed by atoms with E-state index in [1.54, 1.807) is 25.1 Å². The van der Waals surface area contributed by atoms with Crippen LogP contribution in [0, 0.1) is 0 Å². The van der Waals surface area contributed by atoms with Crippen LogP contribution in [0.2, 0.25) is 0 Å². The van der Waals surface area contributed by atoms with Gasteiger partial charge in [0.15, 0.2) is 0 Å². The number of imide groups is 1. The molecule has 1 fully saturated rings. The summed E-state index contributed by atoms with van der Waals surface area (Å²) in [4.78, 5) is 34.8. The van der Waals surface area contributed by atoms with Crippen molar-refractivity contribution in [1.82, 2.24) is 20.2 Å². The van der Waals surface area contributed by atoms with Crippen molar-refractivity contribution in [3.8, 4) is 11.6 Å². The highest BCUT2D eigenvalue weighted by Gasteiger charge is 2.49. The molecule has 2 aromatic heterocycles. The summed E-state index contributed by atoms with van der Waals surface area (Å²) in [6, 6.07) is 6.60.